The number of aromatic nitrogens is 1. The number of carbonyl (C=O) groups excluding carboxylic acids is 1. The summed E-state index contributed by atoms with van der Waals surface area (Å²) in [5, 5.41) is 4.98. The number of para-hydroxylation sites is 1. The Hall–Kier alpha value is -4.04. The molecule has 0 spiro atoms. The minimum Gasteiger partial charge on any atom is -0.482 e. The van der Waals surface area contributed by atoms with Gasteiger partial charge in [-0.3, -0.25) is 4.79 Å². The highest BCUT2D eigenvalue weighted by Gasteiger charge is 2.19. The van der Waals surface area contributed by atoms with E-state index in [1.807, 2.05) is 66.7 Å². The molecule has 0 saturated heterocycles. The van der Waals surface area contributed by atoms with Gasteiger partial charge < -0.3 is 24.1 Å². The van der Waals surface area contributed by atoms with E-state index < -0.39 is 0 Å². The van der Waals surface area contributed by atoms with Gasteiger partial charge in [0.2, 0.25) is 6.79 Å². The maximum atomic E-state index is 11.8. The molecule has 0 saturated carbocycles. The normalized spacial score (nSPS) is 14.5. The number of hydrogen-bond acceptors (Lipinski definition) is 6. The molecule has 1 aromatic heterocycles. The highest BCUT2D eigenvalue weighted by Crippen LogP contribution is 2.35. The van der Waals surface area contributed by atoms with Gasteiger partial charge in [0.25, 0.3) is 5.91 Å². The summed E-state index contributed by atoms with van der Waals surface area (Å²) in [4.78, 5) is 17.6. The van der Waals surface area contributed by atoms with Crippen LogP contribution in [0, 0.1) is 0 Å². The number of anilines is 1. The van der Waals surface area contributed by atoms with Gasteiger partial charge in [-0.2, -0.15) is 0 Å². The number of carbonyl (C=O) groups is 1. The Bertz CT molecular complexity index is 1430. The second kappa shape index (κ2) is 8.14. The first kappa shape index (κ1) is 19.6. The molecule has 33 heavy (non-hydrogen) atoms. The lowest BCUT2D eigenvalue weighted by Gasteiger charge is -2.19. The van der Waals surface area contributed by atoms with Gasteiger partial charge in [0.15, 0.2) is 22.9 Å². The molecule has 1 amide bonds. The molecule has 3 heterocycles. The maximum absolute atomic E-state index is 11.8. The summed E-state index contributed by atoms with van der Waals surface area (Å²) in [5.74, 6) is 2.03. The minimum atomic E-state index is -0.155. The van der Waals surface area contributed by atoms with E-state index in [1.165, 1.54) is 0 Å². The van der Waals surface area contributed by atoms with Crippen molar-refractivity contribution < 1.29 is 19.0 Å². The fourth-order valence-corrected chi connectivity index (χ4v) is 4.81. The van der Waals surface area contributed by atoms with Crippen LogP contribution in [0.2, 0.25) is 0 Å². The van der Waals surface area contributed by atoms with Crippen LogP contribution in [-0.2, 0) is 11.3 Å². The van der Waals surface area contributed by atoms with E-state index in [1.54, 1.807) is 11.3 Å². The van der Waals surface area contributed by atoms with Crippen molar-refractivity contribution in [3.05, 3.63) is 82.5 Å². The number of nitrogens with zero attached hydrogens (tertiary/aromatic N) is 2. The van der Waals surface area contributed by atoms with E-state index in [0.29, 0.717) is 18.0 Å². The van der Waals surface area contributed by atoms with Gasteiger partial charge >= 0.3 is 0 Å². The molecular formula is C25H19N3O4S. The van der Waals surface area contributed by atoms with Crippen LogP contribution >= 0.6 is 11.3 Å². The Morgan fingerprint density at radius 1 is 0.939 bits per heavy atom. The first-order chi connectivity index (χ1) is 16.2. The van der Waals surface area contributed by atoms with Crippen molar-refractivity contribution in [3.63, 3.8) is 0 Å². The summed E-state index contributed by atoms with van der Waals surface area (Å²) in [6, 6.07) is 21.7. The van der Waals surface area contributed by atoms with Gasteiger partial charge in [-0.15, -0.1) is 11.3 Å². The Morgan fingerprint density at radius 3 is 2.70 bits per heavy atom. The van der Waals surface area contributed by atoms with Crippen LogP contribution in [0.15, 0.2) is 77.1 Å². The number of benzene rings is 3. The number of nitrogens with one attached hydrogen (secondary N) is 1. The molecule has 2 aliphatic rings. The highest BCUT2D eigenvalue weighted by atomic mass is 32.1. The second-order valence-electron chi connectivity index (χ2n) is 7.67. The maximum Gasteiger partial charge on any atom is 0.262 e. The van der Waals surface area contributed by atoms with E-state index in [2.05, 4.69) is 15.3 Å². The molecule has 6 rings (SSSR count). The number of amides is 1. The van der Waals surface area contributed by atoms with Crippen molar-refractivity contribution in [2.45, 2.75) is 6.54 Å². The van der Waals surface area contributed by atoms with Gasteiger partial charge in [0, 0.05) is 10.9 Å². The van der Waals surface area contributed by atoms with Gasteiger partial charge in [-0.05, 0) is 48.0 Å². The first-order valence-electron chi connectivity index (χ1n) is 10.5. The molecular weight excluding hydrogens is 438 g/mol. The van der Waals surface area contributed by atoms with Crippen LogP contribution < -0.4 is 24.3 Å². The van der Waals surface area contributed by atoms with Crippen molar-refractivity contribution in [3.8, 4) is 28.5 Å². The Morgan fingerprint density at radius 2 is 1.79 bits per heavy atom. The lowest BCUT2D eigenvalue weighted by molar-refractivity contribution is -0.118. The first-order valence-corrected chi connectivity index (χ1v) is 11.3. The van der Waals surface area contributed by atoms with Crippen molar-refractivity contribution in [2.24, 2.45) is 4.99 Å². The average Bonchev–Trinajstić information content (AvgIpc) is 3.46. The molecule has 0 fully saturated rings. The molecule has 0 aliphatic carbocycles. The van der Waals surface area contributed by atoms with Gasteiger partial charge in [-0.25, -0.2) is 4.99 Å². The Labute approximate surface area is 193 Å². The summed E-state index contributed by atoms with van der Waals surface area (Å²) >= 11 is 1.57. The third kappa shape index (κ3) is 3.85. The average molecular weight is 458 g/mol. The predicted octanol–water partition coefficient (Wildman–Crippen LogP) is 4.56. The number of hydrogen-bond donors (Lipinski definition) is 1. The Balaban J connectivity index is 1.46. The highest BCUT2D eigenvalue weighted by molar-refractivity contribution is 7.07. The molecule has 0 bridgehead atoms. The van der Waals surface area contributed by atoms with Crippen molar-refractivity contribution in [1.29, 1.82) is 0 Å². The molecule has 4 aromatic rings. The molecule has 8 heteroatoms. The molecule has 0 unspecified atom stereocenters. The summed E-state index contributed by atoms with van der Waals surface area (Å²) in [5.41, 5.74) is 4.59. The quantitative estimate of drug-likeness (QED) is 0.488. The smallest absolute Gasteiger partial charge is 0.262 e. The topological polar surface area (TPSA) is 74.1 Å². The van der Waals surface area contributed by atoms with Gasteiger partial charge in [-0.1, -0.05) is 24.3 Å². The predicted molar refractivity (Wildman–Crippen MR) is 125 cm³/mol. The summed E-state index contributed by atoms with van der Waals surface area (Å²) < 4.78 is 18.7. The monoisotopic (exact) mass is 457 g/mol. The largest absolute Gasteiger partial charge is 0.482 e. The summed E-state index contributed by atoms with van der Waals surface area (Å²) in [6.07, 6.45) is 0. The molecule has 0 atom stereocenters. The van der Waals surface area contributed by atoms with Crippen LogP contribution in [0.4, 0.5) is 11.4 Å². The van der Waals surface area contributed by atoms with Crippen LogP contribution in [-0.4, -0.2) is 23.9 Å². The van der Waals surface area contributed by atoms with E-state index >= 15 is 0 Å². The SMILES string of the molecule is O=C1COc2ccc(-c3csc(=Nc4ccccc4)n3Cc3ccc4c(c3)OCO4)cc2N1. The zero-order chi connectivity index (χ0) is 22.2. The summed E-state index contributed by atoms with van der Waals surface area (Å²) in [7, 11) is 0. The molecule has 164 valence electrons. The fourth-order valence-electron chi connectivity index (χ4n) is 3.88. The van der Waals surface area contributed by atoms with Crippen LogP contribution in [0.1, 0.15) is 5.56 Å². The standard InChI is InChI=1S/C25H19N3O4S/c29-24-13-30-21-9-7-17(11-19(21)27-24)20-14-33-25(26-18-4-2-1-3-5-18)28(20)12-16-6-8-22-23(10-16)32-15-31-22/h1-11,14H,12-13,15H2,(H,27,29). The van der Waals surface area contributed by atoms with Crippen molar-refractivity contribution in [1.82, 2.24) is 4.57 Å². The lowest BCUT2D eigenvalue weighted by atomic mass is 10.1. The molecule has 0 radical (unpaired) electrons. The lowest BCUT2D eigenvalue weighted by Crippen LogP contribution is -2.25. The van der Waals surface area contributed by atoms with Crippen molar-refractivity contribution in [2.75, 3.05) is 18.7 Å². The second-order valence-corrected chi connectivity index (χ2v) is 8.51. The number of rotatable bonds is 4. The van der Waals surface area contributed by atoms with Crippen LogP contribution in [0.25, 0.3) is 11.3 Å². The third-order valence-corrected chi connectivity index (χ3v) is 6.33. The van der Waals surface area contributed by atoms with Crippen LogP contribution in [0.5, 0.6) is 17.2 Å². The summed E-state index contributed by atoms with van der Waals surface area (Å²) in [6.45, 7) is 0.878. The van der Waals surface area contributed by atoms with E-state index in [4.69, 9.17) is 19.2 Å². The molecule has 3 aromatic carbocycles. The minimum absolute atomic E-state index is 0.0367. The van der Waals surface area contributed by atoms with Gasteiger partial charge in [0.1, 0.15) is 5.75 Å². The number of thiazole rings is 1. The number of ether oxygens (including phenoxy) is 3. The third-order valence-electron chi connectivity index (χ3n) is 5.46. The van der Waals surface area contributed by atoms with Gasteiger partial charge in [0.05, 0.1) is 23.6 Å². The molecule has 2 aliphatic heterocycles. The Kier molecular flexibility index (Phi) is 4.84. The van der Waals surface area contributed by atoms with Crippen LogP contribution in [0.3, 0.4) is 0 Å². The molecule has 1 N–H and O–H groups in total. The van der Waals surface area contributed by atoms with E-state index in [9.17, 15) is 4.79 Å². The van der Waals surface area contributed by atoms with E-state index in [-0.39, 0.29) is 19.3 Å². The zero-order valence-electron chi connectivity index (χ0n) is 17.5. The van der Waals surface area contributed by atoms with E-state index in [0.717, 1.165) is 38.8 Å². The van der Waals surface area contributed by atoms with Crippen molar-refractivity contribution >= 4 is 28.6 Å². The zero-order valence-corrected chi connectivity index (χ0v) is 18.3. The number of fused-ring (bicyclic) bond motifs is 2. The fraction of sp³-hybridized carbons (Fsp3) is 0.120. The molecule has 7 nitrogen and oxygen atoms in total.